The Hall–Kier alpha value is -1.39. The van der Waals surface area contributed by atoms with Crippen LogP contribution in [0.5, 0.6) is 11.5 Å². The molecule has 2 nitrogen and oxygen atoms in total. The van der Waals surface area contributed by atoms with Crippen molar-refractivity contribution >= 4 is 0 Å². The molecule has 0 N–H and O–H groups in total. The number of ether oxygens (including phenoxy) is 2. The lowest BCUT2D eigenvalue weighted by Crippen LogP contribution is -2.45. The predicted octanol–water partition coefficient (Wildman–Crippen LogP) is 5.97. The van der Waals surface area contributed by atoms with E-state index in [4.69, 9.17) is 9.47 Å². The van der Waals surface area contributed by atoms with Crippen molar-refractivity contribution < 1.29 is 22.6 Å². The van der Waals surface area contributed by atoms with Crippen LogP contribution in [-0.2, 0) is 6.42 Å². The first-order chi connectivity index (χ1) is 12.0. The Kier molecular flexibility index (Phi) is 5.49. The van der Waals surface area contributed by atoms with Crippen LogP contribution >= 0.6 is 0 Å². The van der Waals surface area contributed by atoms with Crippen molar-refractivity contribution in [2.75, 3.05) is 6.61 Å². The topological polar surface area (TPSA) is 18.5 Å². The Morgan fingerprint density at radius 1 is 1.16 bits per heavy atom. The van der Waals surface area contributed by atoms with Gasteiger partial charge in [-0.25, -0.2) is 0 Å². The van der Waals surface area contributed by atoms with E-state index in [1.54, 1.807) is 13.0 Å². The van der Waals surface area contributed by atoms with Gasteiger partial charge >= 0.3 is 6.11 Å². The van der Waals surface area contributed by atoms with Crippen LogP contribution in [0.1, 0.15) is 57.9 Å². The summed E-state index contributed by atoms with van der Waals surface area (Å²) in [6.07, 6.45) is 2.79. The summed E-state index contributed by atoms with van der Waals surface area (Å²) in [6.45, 7) is 4.16. The molecule has 1 aromatic rings. The minimum atomic E-state index is -3.33. The first-order valence-electron chi connectivity index (χ1n) is 9.47. The second kappa shape index (κ2) is 7.46. The summed E-state index contributed by atoms with van der Waals surface area (Å²) >= 11 is 0. The molecule has 140 valence electrons. The van der Waals surface area contributed by atoms with E-state index in [2.05, 4.69) is 6.92 Å². The Morgan fingerprint density at radius 3 is 2.52 bits per heavy atom. The van der Waals surface area contributed by atoms with Gasteiger partial charge in [-0.3, -0.25) is 0 Å². The molecular formula is C20H27F3O2. The van der Waals surface area contributed by atoms with Crippen molar-refractivity contribution in [3.63, 3.8) is 0 Å². The molecule has 5 heteroatoms. The molecule has 2 aliphatic rings. The van der Waals surface area contributed by atoms with Crippen LogP contribution in [0.2, 0.25) is 0 Å². The van der Waals surface area contributed by atoms with Crippen LogP contribution in [0.15, 0.2) is 12.1 Å². The first-order valence-corrected chi connectivity index (χ1v) is 9.47. The maximum Gasteiger partial charge on any atom is 0.401 e. The molecule has 0 aromatic heterocycles. The average molecular weight is 356 g/mol. The van der Waals surface area contributed by atoms with E-state index < -0.39 is 17.8 Å². The quantitative estimate of drug-likeness (QED) is 0.646. The molecule has 3 rings (SSSR count). The Balaban J connectivity index is 1.77. The van der Waals surface area contributed by atoms with Gasteiger partial charge < -0.3 is 9.47 Å². The van der Waals surface area contributed by atoms with Crippen LogP contribution in [0.25, 0.3) is 0 Å². The highest BCUT2D eigenvalue weighted by molar-refractivity contribution is 5.44. The summed E-state index contributed by atoms with van der Waals surface area (Å²) in [5.41, 5.74) is 0.521. The normalized spacial score (nSPS) is 28.1. The third kappa shape index (κ3) is 3.75. The predicted molar refractivity (Wildman–Crippen MR) is 90.7 cm³/mol. The summed E-state index contributed by atoms with van der Waals surface area (Å²) in [4.78, 5) is 0. The first kappa shape index (κ1) is 18.4. The van der Waals surface area contributed by atoms with E-state index in [1.165, 1.54) is 12.5 Å². The fourth-order valence-corrected chi connectivity index (χ4v) is 4.41. The van der Waals surface area contributed by atoms with E-state index in [-0.39, 0.29) is 30.4 Å². The summed E-state index contributed by atoms with van der Waals surface area (Å²) in [5, 5.41) is 0. The number of fused-ring (bicyclic) bond motifs is 1. The summed E-state index contributed by atoms with van der Waals surface area (Å²) in [5.74, 6) is -1.46. The van der Waals surface area contributed by atoms with Gasteiger partial charge in [0.1, 0.15) is 0 Å². The number of hydrogen-bond donors (Lipinski definition) is 0. The zero-order valence-corrected chi connectivity index (χ0v) is 15.0. The maximum atomic E-state index is 14.6. The lowest BCUT2D eigenvalue weighted by atomic mass is 9.72. The van der Waals surface area contributed by atoms with E-state index in [1.807, 2.05) is 0 Å². The monoisotopic (exact) mass is 356 g/mol. The molecule has 0 amide bonds. The van der Waals surface area contributed by atoms with Crippen LogP contribution in [-0.4, -0.2) is 12.7 Å². The Bertz CT molecular complexity index is 595. The van der Waals surface area contributed by atoms with Crippen molar-refractivity contribution in [1.82, 2.24) is 0 Å². The zero-order valence-electron chi connectivity index (χ0n) is 15.0. The lowest BCUT2D eigenvalue weighted by Gasteiger charge is -2.40. The van der Waals surface area contributed by atoms with Crippen LogP contribution < -0.4 is 9.47 Å². The highest BCUT2D eigenvalue weighted by Crippen LogP contribution is 2.49. The highest BCUT2D eigenvalue weighted by Gasteiger charge is 2.51. The summed E-state index contributed by atoms with van der Waals surface area (Å²) in [6, 6.07) is 3.17. The Morgan fingerprint density at radius 2 is 1.88 bits per heavy atom. The van der Waals surface area contributed by atoms with Gasteiger partial charge in [0, 0.05) is 0 Å². The van der Waals surface area contributed by atoms with Crippen molar-refractivity contribution in [3.8, 4) is 11.5 Å². The third-order valence-electron chi connectivity index (χ3n) is 5.71. The molecule has 25 heavy (non-hydrogen) atoms. The molecule has 0 bridgehead atoms. The smallest absolute Gasteiger partial charge is 0.401 e. The second-order valence-corrected chi connectivity index (χ2v) is 7.34. The van der Waals surface area contributed by atoms with E-state index in [9.17, 15) is 13.2 Å². The molecule has 0 radical (unpaired) electrons. The second-order valence-electron chi connectivity index (χ2n) is 7.34. The van der Waals surface area contributed by atoms with Gasteiger partial charge in [0.15, 0.2) is 11.5 Å². The van der Waals surface area contributed by atoms with E-state index in [0.29, 0.717) is 11.5 Å². The standard InChI is InChI=1S/C20H27F3O2/c1-3-5-13-6-8-14(9-7-13)16-12-15-10-11-17(24-4-2)18(21)19(15)25-20(16,22)23/h10-11,13-14,16H,3-9,12H2,1-2H3/t13-,14-,16?. The van der Waals surface area contributed by atoms with Crippen molar-refractivity contribution in [3.05, 3.63) is 23.5 Å². The molecule has 1 aliphatic heterocycles. The fraction of sp³-hybridized carbons (Fsp3) is 0.700. The van der Waals surface area contributed by atoms with Gasteiger partial charge in [0.25, 0.3) is 0 Å². The van der Waals surface area contributed by atoms with E-state index in [0.717, 1.165) is 32.1 Å². The molecular weight excluding hydrogens is 329 g/mol. The molecule has 0 spiro atoms. The highest BCUT2D eigenvalue weighted by atomic mass is 19.3. The largest absolute Gasteiger partial charge is 0.491 e. The number of halogens is 3. The van der Waals surface area contributed by atoms with Gasteiger partial charge in [-0.1, -0.05) is 38.7 Å². The molecule has 1 atom stereocenters. The van der Waals surface area contributed by atoms with Gasteiger partial charge in [-0.2, -0.15) is 13.2 Å². The SMILES string of the molecule is CCC[C@H]1CC[C@H](C2Cc3ccc(OCC)c(F)c3OC2(F)F)CC1. The number of hydrogen-bond acceptors (Lipinski definition) is 2. The molecule has 1 aliphatic carbocycles. The molecule has 1 aromatic carbocycles. The summed E-state index contributed by atoms with van der Waals surface area (Å²) in [7, 11) is 0. The average Bonchev–Trinajstić information content (AvgIpc) is 2.58. The van der Waals surface area contributed by atoms with Gasteiger partial charge in [0.2, 0.25) is 5.82 Å². The Labute approximate surface area is 147 Å². The van der Waals surface area contributed by atoms with Crippen molar-refractivity contribution in [2.24, 2.45) is 17.8 Å². The fourth-order valence-electron chi connectivity index (χ4n) is 4.41. The van der Waals surface area contributed by atoms with Gasteiger partial charge in [-0.15, -0.1) is 0 Å². The van der Waals surface area contributed by atoms with E-state index >= 15 is 0 Å². The maximum absolute atomic E-state index is 14.6. The van der Waals surface area contributed by atoms with Crippen LogP contribution in [0.4, 0.5) is 13.2 Å². The third-order valence-corrected chi connectivity index (χ3v) is 5.71. The molecule has 1 fully saturated rings. The van der Waals surface area contributed by atoms with Crippen LogP contribution in [0.3, 0.4) is 0 Å². The number of alkyl halides is 2. The van der Waals surface area contributed by atoms with Gasteiger partial charge in [0.05, 0.1) is 12.5 Å². The van der Waals surface area contributed by atoms with Crippen molar-refractivity contribution in [1.29, 1.82) is 0 Å². The number of rotatable bonds is 5. The summed E-state index contributed by atoms with van der Waals surface area (Å²) < 4.78 is 53.7. The molecule has 1 saturated carbocycles. The minimum Gasteiger partial charge on any atom is -0.491 e. The van der Waals surface area contributed by atoms with Gasteiger partial charge in [-0.05, 0) is 49.7 Å². The molecule has 1 heterocycles. The number of benzene rings is 1. The minimum absolute atomic E-state index is 0.0319. The molecule has 1 unspecified atom stereocenters. The molecule has 0 saturated heterocycles. The lowest BCUT2D eigenvalue weighted by molar-refractivity contribution is -0.239. The van der Waals surface area contributed by atoms with Crippen molar-refractivity contribution in [2.45, 2.75) is 64.9 Å². The zero-order chi connectivity index (χ0) is 18.0. The van der Waals surface area contributed by atoms with Crippen LogP contribution in [0, 0.1) is 23.6 Å².